The lowest BCUT2D eigenvalue weighted by Crippen LogP contribution is -1.88. The van der Waals surface area contributed by atoms with E-state index in [0.717, 1.165) is 0 Å². The molecule has 0 saturated heterocycles. The minimum atomic E-state index is 0. The maximum atomic E-state index is 4.60. The minimum Gasteiger partial charge on any atom is -0.120 e. The number of hydrogen-bond acceptors (Lipinski definition) is 0. The Hall–Kier alpha value is -1.22. The van der Waals surface area contributed by atoms with Crippen LogP contribution in [0.4, 0.5) is 0 Å². The highest BCUT2D eigenvalue weighted by Crippen LogP contribution is 2.16. The van der Waals surface area contributed by atoms with Crippen molar-refractivity contribution in [2.45, 2.75) is 69.2 Å². The summed E-state index contributed by atoms with van der Waals surface area (Å²) in [6.45, 7) is 10.1. The van der Waals surface area contributed by atoms with Gasteiger partial charge in [-0.2, -0.15) is 0 Å². The maximum absolute atomic E-state index is 4.60. The molecule has 1 rings (SSSR count). The molecule has 1 aromatic carbocycles. The molecule has 0 spiro atoms. The molecule has 1 unspecified atom stereocenters. The third kappa shape index (κ3) is 17.2. The Labute approximate surface area is 118 Å². The van der Waals surface area contributed by atoms with Crippen molar-refractivity contribution in [3.8, 4) is 12.3 Å². The average Bonchev–Trinajstić information content (AvgIpc) is 2.33. The van der Waals surface area contributed by atoms with E-state index in [1.54, 1.807) is 6.92 Å². The molecule has 0 aliphatic rings. The normalized spacial score (nSPS) is 8.00. The van der Waals surface area contributed by atoms with Gasteiger partial charge >= 0.3 is 0 Å². The van der Waals surface area contributed by atoms with E-state index in [1.807, 2.05) is 13.8 Å². The van der Waals surface area contributed by atoms with Gasteiger partial charge in [0, 0.05) is 0 Å². The Morgan fingerprint density at radius 3 is 1.67 bits per heavy atom. The predicted molar refractivity (Wildman–Crippen MR) is 91.2 cm³/mol. The molecule has 18 heavy (non-hydrogen) atoms. The molecule has 0 fully saturated rings. The van der Waals surface area contributed by atoms with E-state index in [0.29, 0.717) is 5.92 Å². The number of benzene rings is 1. The second kappa shape index (κ2) is 24.8. The molecular formula is C18H36. The molecule has 108 valence electrons. The van der Waals surface area contributed by atoms with Crippen LogP contribution in [0.25, 0.3) is 0 Å². The molecule has 0 saturated carbocycles. The van der Waals surface area contributed by atoms with Crippen molar-refractivity contribution in [2.24, 2.45) is 0 Å². The number of terminal acetylenes is 1. The van der Waals surface area contributed by atoms with Gasteiger partial charge in [0.2, 0.25) is 0 Å². The van der Waals surface area contributed by atoms with Crippen LogP contribution in [-0.4, -0.2) is 0 Å². The Balaban J connectivity index is -0.0000000627. The van der Waals surface area contributed by atoms with Crippen molar-refractivity contribution in [2.75, 3.05) is 0 Å². The van der Waals surface area contributed by atoms with Crippen molar-refractivity contribution in [1.82, 2.24) is 0 Å². The molecule has 0 nitrogen and oxygen atoms in total. The molecule has 0 heterocycles. The molecule has 0 radical (unpaired) electrons. The van der Waals surface area contributed by atoms with Crippen LogP contribution in [0.2, 0.25) is 0 Å². The second-order valence-electron chi connectivity index (χ2n) is 3.01. The highest BCUT2D eigenvalue weighted by molar-refractivity contribution is 5.18. The van der Waals surface area contributed by atoms with Crippen molar-refractivity contribution in [1.29, 1.82) is 0 Å². The molecule has 1 atom stereocenters. The highest BCUT2D eigenvalue weighted by Gasteiger charge is 1.98. The lowest BCUT2D eigenvalue weighted by molar-refractivity contribution is 0.733. The standard InChI is InChI=1S/C10H14.C3H4.C2H6.3CH4/c1-3-9(2)10-7-5-4-6-8-10;1-3-2;1-2;;;/h4-9H,3H2,1-2H3;1H,2H3;1-2H3;3*1H4. The monoisotopic (exact) mass is 252 g/mol. The van der Waals surface area contributed by atoms with Crippen LogP contribution in [0.5, 0.6) is 0 Å². The van der Waals surface area contributed by atoms with Gasteiger partial charge in [0.15, 0.2) is 0 Å². The van der Waals surface area contributed by atoms with Gasteiger partial charge in [-0.1, -0.05) is 80.3 Å². The third-order valence-electron chi connectivity index (χ3n) is 1.98. The predicted octanol–water partition coefficient (Wildman–Crippen LogP) is 6.77. The van der Waals surface area contributed by atoms with Crippen molar-refractivity contribution in [3.63, 3.8) is 0 Å². The summed E-state index contributed by atoms with van der Waals surface area (Å²) in [5.74, 6) is 2.96. The molecule has 0 heteroatoms. The first-order valence-corrected chi connectivity index (χ1v) is 5.68. The van der Waals surface area contributed by atoms with E-state index in [9.17, 15) is 0 Å². The molecule has 0 bridgehead atoms. The van der Waals surface area contributed by atoms with Crippen LogP contribution in [0.1, 0.15) is 74.8 Å². The number of hydrogen-bond donors (Lipinski definition) is 0. The summed E-state index contributed by atoms with van der Waals surface area (Å²) < 4.78 is 0. The summed E-state index contributed by atoms with van der Waals surface area (Å²) in [5.41, 5.74) is 1.45. The van der Waals surface area contributed by atoms with Gasteiger partial charge in [-0.05, 0) is 24.8 Å². The van der Waals surface area contributed by atoms with Gasteiger partial charge in [-0.15, -0.1) is 12.3 Å². The molecule has 0 amide bonds. The molecule has 0 aromatic heterocycles. The average molecular weight is 252 g/mol. The van der Waals surface area contributed by atoms with E-state index >= 15 is 0 Å². The Bertz CT molecular complexity index is 240. The van der Waals surface area contributed by atoms with Crippen LogP contribution in [0, 0.1) is 12.3 Å². The van der Waals surface area contributed by atoms with Crippen LogP contribution in [0.3, 0.4) is 0 Å². The second-order valence-corrected chi connectivity index (χ2v) is 3.01. The lowest BCUT2D eigenvalue weighted by atomic mass is 9.99. The van der Waals surface area contributed by atoms with Crippen molar-refractivity contribution in [3.05, 3.63) is 35.9 Å². The van der Waals surface area contributed by atoms with Gasteiger partial charge < -0.3 is 0 Å². The van der Waals surface area contributed by atoms with Gasteiger partial charge in [-0.3, -0.25) is 0 Å². The van der Waals surface area contributed by atoms with E-state index in [-0.39, 0.29) is 22.3 Å². The molecular weight excluding hydrogens is 216 g/mol. The zero-order valence-corrected chi connectivity index (χ0v) is 10.7. The molecule has 1 aromatic rings. The lowest BCUT2D eigenvalue weighted by Gasteiger charge is -2.06. The highest BCUT2D eigenvalue weighted by atomic mass is 14.0. The van der Waals surface area contributed by atoms with E-state index in [4.69, 9.17) is 0 Å². The van der Waals surface area contributed by atoms with Gasteiger partial charge in [0.1, 0.15) is 0 Å². The quantitative estimate of drug-likeness (QED) is 0.509. The van der Waals surface area contributed by atoms with Gasteiger partial charge in [-0.25, -0.2) is 0 Å². The Morgan fingerprint density at radius 2 is 1.39 bits per heavy atom. The summed E-state index contributed by atoms with van der Waals surface area (Å²) in [4.78, 5) is 0. The first kappa shape index (κ1) is 30.1. The summed E-state index contributed by atoms with van der Waals surface area (Å²) in [6, 6.07) is 10.6. The fourth-order valence-corrected chi connectivity index (χ4v) is 1.02. The van der Waals surface area contributed by atoms with Crippen LogP contribution in [0.15, 0.2) is 30.3 Å². The van der Waals surface area contributed by atoms with Crippen LogP contribution >= 0.6 is 0 Å². The SMILES string of the molecule is C.C.C.C#CC.CC.CCC(C)c1ccccc1. The first-order valence-electron chi connectivity index (χ1n) is 5.68. The first-order chi connectivity index (χ1) is 7.26. The maximum Gasteiger partial charge on any atom is -0.00297 e. The Kier molecular flexibility index (Phi) is 41.6. The summed E-state index contributed by atoms with van der Waals surface area (Å²) in [6.07, 6.45) is 5.82. The van der Waals surface area contributed by atoms with Crippen LogP contribution in [-0.2, 0) is 0 Å². The summed E-state index contributed by atoms with van der Waals surface area (Å²) >= 11 is 0. The Morgan fingerprint density at radius 1 is 1.06 bits per heavy atom. The van der Waals surface area contributed by atoms with Crippen molar-refractivity contribution >= 4 is 0 Å². The molecule has 0 N–H and O–H groups in total. The topological polar surface area (TPSA) is 0 Å². The van der Waals surface area contributed by atoms with E-state index in [2.05, 4.69) is 56.5 Å². The zero-order chi connectivity index (χ0) is 12.1. The van der Waals surface area contributed by atoms with Gasteiger partial charge in [0.05, 0.1) is 0 Å². The summed E-state index contributed by atoms with van der Waals surface area (Å²) in [7, 11) is 0. The summed E-state index contributed by atoms with van der Waals surface area (Å²) in [5, 5.41) is 0. The third-order valence-corrected chi connectivity index (χ3v) is 1.98. The minimum absolute atomic E-state index is 0. The number of rotatable bonds is 2. The van der Waals surface area contributed by atoms with Crippen molar-refractivity contribution < 1.29 is 0 Å². The molecule has 0 aliphatic heterocycles. The van der Waals surface area contributed by atoms with E-state index < -0.39 is 0 Å². The van der Waals surface area contributed by atoms with E-state index in [1.165, 1.54) is 12.0 Å². The zero-order valence-electron chi connectivity index (χ0n) is 10.7. The fourth-order valence-electron chi connectivity index (χ4n) is 1.02. The largest absolute Gasteiger partial charge is 0.120 e. The van der Waals surface area contributed by atoms with Crippen LogP contribution < -0.4 is 0 Å². The molecule has 0 aliphatic carbocycles. The fraction of sp³-hybridized carbons (Fsp3) is 0.556. The van der Waals surface area contributed by atoms with Gasteiger partial charge in [0.25, 0.3) is 0 Å². The smallest absolute Gasteiger partial charge is 0.00297 e.